The van der Waals surface area contributed by atoms with E-state index in [2.05, 4.69) is 17.5 Å². The van der Waals surface area contributed by atoms with Crippen molar-refractivity contribution in [3.8, 4) is 0 Å². The molecule has 0 saturated heterocycles. The quantitative estimate of drug-likeness (QED) is 0.790. The normalized spacial score (nSPS) is 12.2. The highest BCUT2D eigenvalue weighted by atomic mass is 32.2. The molecule has 1 rings (SSSR count). The molecule has 1 aromatic carbocycles. The Balaban J connectivity index is 2.79. The molecule has 6 heteroatoms. The van der Waals surface area contributed by atoms with Gasteiger partial charge in [0.15, 0.2) is 11.6 Å². The predicted molar refractivity (Wildman–Crippen MR) is 78.3 cm³/mol. The van der Waals surface area contributed by atoms with E-state index in [0.717, 1.165) is 5.75 Å². The van der Waals surface area contributed by atoms with Crippen LogP contribution in [0.1, 0.15) is 12.5 Å². The second-order valence-electron chi connectivity index (χ2n) is 4.09. The summed E-state index contributed by atoms with van der Waals surface area (Å²) in [5, 5.41) is 2.89. The number of hydrogen-bond acceptors (Lipinski definition) is 3. The molecular weight excluding hydrogens is 274 g/mol. The van der Waals surface area contributed by atoms with Gasteiger partial charge in [-0.1, -0.05) is 19.1 Å². The number of thiocarbonyl (C=S) groups is 1. The lowest BCUT2D eigenvalue weighted by atomic mass is 10.1. The Hall–Kier alpha value is -0.880. The molecule has 0 aromatic heterocycles. The molecule has 0 amide bonds. The summed E-state index contributed by atoms with van der Waals surface area (Å²) in [6.45, 7) is 2.63. The van der Waals surface area contributed by atoms with Crippen LogP contribution in [0.4, 0.5) is 14.5 Å². The molecule has 0 fully saturated rings. The Morgan fingerprint density at radius 3 is 2.67 bits per heavy atom. The summed E-state index contributed by atoms with van der Waals surface area (Å²) in [6.07, 6.45) is 2.01. The van der Waals surface area contributed by atoms with Gasteiger partial charge in [-0.25, -0.2) is 8.78 Å². The number of rotatable bonds is 6. The summed E-state index contributed by atoms with van der Waals surface area (Å²) < 4.78 is 27.3. The minimum atomic E-state index is -0.995. The molecule has 0 heterocycles. The average Bonchev–Trinajstić information content (AvgIpc) is 2.31. The van der Waals surface area contributed by atoms with Crippen LogP contribution in [-0.4, -0.2) is 23.5 Å². The van der Waals surface area contributed by atoms with Gasteiger partial charge < -0.3 is 11.1 Å². The van der Waals surface area contributed by atoms with E-state index in [4.69, 9.17) is 5.73 Å². The van der Waals surface area contributed by atoms with Gasteiger partial charge in [-0.15, -0.1) is 0 Å². The van der Waals surface area contributed by atoms with Gasteiger partial charge in [0.05, 0.1) is 5.69 Å². The molecule has 1 aromatic rings. The highest BCUT2D eigenvalue weighted by molar-refractivity contribution is 7.98. The van der Waals surface area contributed by atoms with Crippen LogP contribution in [0.15, 0.2) is 12.1 Å². The third-order valence-corrected chi connectivity index (χ3v) is 3.56. The first-order valence-corrected chi connectivity index (χ1v) is 7.28. The van der Waals surface area contributed by atoms with E-state index in [1.54, 1.807) is 11.8 Å². The van der Waals surface area contributed by atoms with Crippen LogP contribution in [0.2, 0.25) is 0 Å². The monoisotopic (exact) mass is 290 g/mol. The number of anilines is 1. The second-order valence-corrected chi connectivity index (χ2v) is 5.44. The van der Waals surface area contributed by atoms with E-state index in [-0.39, 0.29) is 16.2 Å². The van der Waals surface area contributed by atoms with Crippen molar-refractivity contribution in [2.75, 3.05) is 23.9 Å². The zero-order valence-corrected chi connectivity index (χ0v) is 11.9. The molecule has 1 unspecified atom stereocenters. The molecule has 0 spiro atoms. The van der Waals surface area contributed by atoms with Crippen molar-refractivity contribution >= 4 is 34.7 Å². The van der Waals surface area contributed by atoms with Crippen molar-refractivity contribution < 1.29 is 8.78 Å². The summed E-state index contributed by atoms with van der Waals surface area (Å²) >= 11 is 6.36. The molecule has 2 nitrogen and oxygen atoms in total. The zero-order chi connectivity index (χ0) is 13.7. The molecular formula is C12H16F2N2S2. The maximum atomic E-state index is 13.7. The fourth-order valence-electron chi connectivity index (χ4n) is 1.50. The van der Waals surface area contributed by atoms with Gasteiger partial charge in [-0.2, -0.15) is 11.8 Å². The van der Waals surface area contributed by atoms with Gasteiger partial charge in [0, 0.05) is 12.1 Å². The van der Waals surface area contributed by atoms with Gasteiger partial charge >= 0.3 is 0 Å². The Morgan fingerprint density at radius 1 is 1.44 bits per heavy atom. The maximum absolute atomic E-state index is 13.7. The Bertz CT molecular complexity index is 438. The van der Waals surface area contributed by atoms with Crippen LogP contribution in [0.25, 0.3) is 0 Å². The summed E-state index contributed by atoms with van der Waals surface area (Å²) in [5.41, 5.74) is 5.37. The largest absolute Gasteiger partial charge is 0.389 e. The third kappa shape index (κ3) is 3.81. The lowest BCUT2D eigenvalue weighted by Gasteiger charge is -2.14. The van der Waals surface area contributed by atoms with E-state index in [0.29, 0.717) is 12.5 Å². The minimum absolute atomic E-state index is 0.0646. The number of nitrogens with two attached hydrogens (primary N) is 1. The van der Waals surface area contributed by atoms with Crippen LogP contribution in [-0.2, 0) is 0 Å². The van der Waals surface area contributed by atoms with Gasteiger partial charge in [0.25, 0.3) is 0 Å². The minimum Gasteiger partial charge on any atom is -0.389 e. The van der Waals surface area contributed by atoms with Crippen molar-refractivity contribution in [1.29, 1.82) is 0 Å². The van der Waals surface area contributed by atoms with Gasteiger partial charge in [0.1, 0.15) is 4.99 Å². The van der Waals surface area contributed by atoms with Gasteiger partial charge in [0.2, 0.25) is 0 Å². The average molecular weight is 290 g/mol. The smallest absolute Gasteiger partial charge is 0.182 e. The van der Waals surface area contributed by atoms with E-state index >= 15 is 0 Å². The highest BCUT2D eigenvalue weighted by Crippen LogP contribution is 2.21. The molecule has 0 aliphatic heterocycles. The molecule has 18 heavy (non-hydrogen) atoms. The van der Waals surface area contributed by atoms with Crippen LogP contribution in [0, 0.1) is 17.6 Å². The topological polar surface area (TPSA) is 38.0 Å². The van der Waals surface area contributed by atoms with Crippen LogP contribution in [0.5, 0.6) is 0 Å². The molecule has 0 aliphatic rings. The summed E-state index contributed by atoms with van der Waals surface area (Å²) in [7, 11) is 0. The molecule has 0 aliphatic carbocycles. The van der Waals surface area contributed by atoms with Crippen molar-refractivity contribution in [3.05, 3.63) is 29.3 Å². The first-order valence-electron chi connectivity index (χ1n) is 5.48. The van der Waals surface area contributed by atoms with Crippen LogP contribution in [0.3, 0.4) is 0 Å². The first kappa shape index (κ1) is 15.2. The van der Waals surface area contributed by atoms with E-state index in [1.165, 1.54) is 12.1 Å². The molecule has 0 saturated carbocycles. The van der Waals surface area contributed by atoms with Crippen molar-refractivity contribution in [2.24, 2.45) is 11.7 Å². The Kier molecular flexibility index (Phi) is 5.81. The molecule has 1 atom stereocenters. The van der Waals surface area contributed by atoms with Crippen LogP contribution < -0.4 is 11.1 Å². The SMILES string of the molecule is CSCC(C)CNc1ccc(C(N)=S)c(F)c1F. The van der Waals surface area contributed by atoms with Crippen molar-refractivity contribution in [2.45, 2.75) is 6.92 Å². The van der Waals surface area contributed by atoms with Crippen LogP contribution >= 0.6 is 24.0 Å². The van der Waals surface area contributed by atoms with Crippen molar-refractivity contribution in [1.82, 2.24) is 0 Å². The number of hydrogen-bond donors (Lipinski definition) is 2. The number of nitrogens with one attached hydrogen (secondary N) is 1. The highest BCUT2D eigenvalue weighted by Gasteiger charge is 2.15. The summed E-state index contributed by atoms with van der Waals surface area (Å²) in [4.78, 5) is -0.145. The van der Waals surface area contributed by atoms with E-state index in [1.807, 2.05) is 13.2 Å². The fraction of sp³-hybridized carbons (Fsp3) is 0.417. The third-order valence-electron chi connectivity index (χ3n) is 2.44. The maximum Gasteiger partial charge on any atom is 0.182 e. The molecule has 100 valence electrons. The fourth-order valence-corrected chi connectivity index (χ4v) is 2.35. The van der Waals surface area contributed by atoms with Gasteiger partial charge in [-0.3, -0.25) is 0 Å². The standard InChI is InChI=1S/C12H16F2N2S2/c1-7(6-18-2)5-16-9-4-3-8(12(15)17)10(13)11(9)14/h3-4,7,16H,5-6H2,1-2H3,(H2,15,17). The lowest BCUT2D eigenvalue weighted by Crippen LogP contribution is -2.16. The second kappa shape index (κ2) is 6.89. The lowest BCUT2D eigenvalue weighted by molar-refractivity contribution is 0.508. The molecule has 0 radical (unpaired) electrons. The number of thioether (sulfide) groups is 1. The molecule has 0 bridgehead atoms. The van der Waals surface area contributed by atoms with E-state index < -0.39 is 11.6 Å². The summed E-state index contributed by atoms with van der Waals surface area (Å²) in [5.74, 6) is -0.596. The zero-order valence-electron chi connectivity index (χ0n) is 10.3. The number of halogens is 2. The number of benzene rings is 1. The van der Waals surface area contributed by atoms with E-state index in [9.17, 15) is 8.78 Å². The van der Waals surface area contributed by atoms with Gasteiger partial charge in [-0.05, 0) is 30.1 Å². The Morgan fingerprint density at radius 2 is 2.11 bits per heavy atom. The predicted octanol–water partition coefficient (Wildman–Crippen LogP) is 3.01. The molecule has 3 N–H and O–H groups in total. The Labute approximate surface area is 115 Å². The first-order chi connectivity index (χ1) is 8.47. The summed E-state index contributed by atoms with van der Waals surface area (Å²) in [6, 6.07) is 2.85. The van der Waals surface area contributed by atoms with Crippen molar-refractivity contribution in [3.63, 3.8) is 0 Å².